The molecule has 0 radical (unpaired) electrons. The summed E-state index contributed by atoms with van der Waals surface area (Å²) in [5.41, 5.74) is 1.64. The lowest BCUT2D eigenvalue weighted by atomic mass is 10.1. The SMILES string of the molecule is CCn1cnnc1-c1cccc(NC(=O)c2cccc(S(=O)(=O)NC)c2)c1. The zero-order valence-corrected chi connectivity index (χ0v) is 15.7. The number of carbonyl (C=O) groups is 1. The minimum Gasteiger partial charge on any atom is -0.322 e. The fourth-order valence-electron chi connectivity index (χ4n) is 2.57. The summed E-state index contributed by atoms with van der Waals surface area (Å²) < 4.78 is 28.0. The summed E-state index contributed by atoms with van der Waals surface area (Å²) in [5.74, 6) is 0.299. The monoisotopic (exact) mass is 385 g/mol. The van der Waals surface area contributed by atoms with Crippen LogP contribution in [0.5, 0.6) is 0 Å². The van der Waals surface area contributed by atoms with Crippen LogP contribution in [-0.4, -0.2) is 36.1 Å². The quantitative estimate of drug-likeness (QED) is 0.676. The van der Waals surface area contributed by atoms with Crippen LogP contribution in [0.2, 0.25) is 0 Å². The molecule has 0 aliphatic heterocycles. The average molecular weight is 385 g/mol. The van der Waals surface area contributed by atoms with E-state index in [2.05, 4.69) is 20.2 Å². The van der Waals surface area contributed by atoms with Crippen LogP contribution in [0.25, 0.3) is 11.4 Å². The zero-order chi connectivity index (χ0) is 19.4. The predicted octanol–water partition coefficient (Wildman–Crippen LogP) is 2.13. The van der Waals surface area contributed by atoms with Crippen LogP contribution in [0.15, 0.2) is 59.8 Å². The van der Waals surface area contributed by atoms with Crippen LogP contribution in [0.4, 0.5) is 5.69 Å². The van der Waals surface area contributed by atoms with Crippen molar-refractivity contribution in [3.8, 4) is 11.4 Å². The van der Waals surface area contributed by atoms with Crippen molar-refractivity contribution in [3.05, 3.63) is 60.4 Å². The highest BCUT2D eigenvalue weighted by atomic mass is 32.2. The second-order valence-corrected chi connectivity index (χ2v) is 7.60. The number of aryl methyl sites for hydroxylation is 1. The molecule has 0 aliphatic rings. The van der Waals surface area contributed by atoms with Crippen molar-refractivity contribution in [2.45, 2.75) is 18.4 Å². The Kier molecular flexibility index (Phi) is 5.33. The van der Waals surface area contributed by atoms with Gasteiger partial charge in [0.1, 0.15) is 6.33 Å². The Bertz CT molecular complexity index is 1080. The maximum Gasteiger partial charge on any atom is 0.255 e. The molecule has 0 unspecified atom stereocenters. The summed E-state index contributed by atoms with van der Waals surface area (Å²) in [7, 11) is -2.30. The van der Waals surface area contributed by atoms with Crippen molar-refractivity contribution < 1.29 is 13.2 Å². The number of anilines is 1. The van der Waals surface area contributed by atoms with Gasteiger partial charge in [0.05, 0.1) is 4.90 Å². The molecule has 0 bridgehead atoms. The van der Waals surface area contributed by atoms with Crippen LogP contribution < -0.4 is 10.0 Å². The van der Waals surface area contributed by atoms with Gasteiger partial charge < -0.3 is 9.88 Å². The van der Waals surface area contributed by atoms with E-state index in [1.807, 2.05) is 23.6 Å². The molecule has 0 fully saturated rings. The van der Waals surface area contributed by atoms with Gasteiger partial charge in [0.2, 0.25) is 10.0 Å². The molecule has 27 heavy (non-hydrogen) atoms. The summed E-state index contributed by atoms with van der Waals surface area (Å²) in [6.45, 7) is 2.72. The van der Waals surface area contributed by atoms with E-state index < -0.39 is 15.9 Å². The van der Waals surface area contributed by atoms with Gasteiger partial charge in [0.15, 0.2) is 5.82 Å². The number of hydrogen-bond acceptors (Lipinski definition) is 5. The molecule has 3 aromatic rings. The molecule has 0 spiro atoms. The molecule has 2 aromatic carbocycles. The summed E-state index contributed by atoms with van der Waals surface area (Å²) >= 11 is 0. The highest BCUT2D eigenvalue weighted by Crippen LogP contribution is 2.21. The van der Waals surface area contributed by atoms with E-state index in [1.165, 1.54) is 25.2 Å². The van der Waals surface area contributed by atoms with Crippen molar-refractivity contribution in [2.75, 3.05) is 12.4 Å². The normalized spacial score (nSPS) is 11.3. The van der Waals surface area contributed by atoms with Crippen LogP contribution in [0.1, 0.15) is 17.3 Å². The Labute approximate surface area is 157 Å². The third kappa shape index (κ3) is 4.04. The molecule has 3 rings (SSSR count). The summed E-state index contributed by atoms with van der Waals surface area (Å²) in [6, 6.07) is 13.1. The van der Waals surface area contributed by atoms with Gasteiger partial charge in [-0.2, -0.15) is 0 Å². The fourth-order valence-corrected chi connectivity index (χ4v) is 3.35. The second kappa shape index (κ2) is 7.68. The lowest BCUT2D eigenvalue weighted by Crippen LogP contribution is -2.19. The first-order valence-electron chi connectivity index (χ1n) is 8.28. The molecular weight excluding hydrogens is 366 g/mol. The van der Waals surface area contributed by atoms with Crippen LogP contribution in [0.3, 0.4) is 0 Å². The third-order valence-electron chi connectivity index (χ3n) is 4.01. The number of carbonyl (C=O) groups excluding carboxylic acids is 1. The Morgan fingerprint density at radius 2 is 1.93 bits per heavy atom. The molecule has 9 heteroatoms. The number of hydrogen-bond donors (Lipinski definition) is 2. The topological polar surface area (TPSA) is 106 Å². The van der Waals surface area contributed by atoms with E-state index in [0.29, 0.717) is 11.5 Å². The van der Waals surface area contributed by atoms with Gasteiger partial charge >= 0.3 is 0 Å². The van der Waals surface area contributed by atoms with Gasteiger partial charge in [-0.3, -0.25) is 4.79 Å². The summed E-state index contributed by atoms with van der Waals surface area (Å²) in [6.07, 6.45) is 1.65. The van der Waals surface area contributed by atoms with Gasteiger partial charge in [-0.25, -0.2) is 13.1 Å². The lowest BCUT2D eigenvalue weighted by molar-refractivity contribution is 0.102. The Morgan fingerprint density at radius 1 is 1.15 bits per heavy atom. The maximum absolute atomic E-state index is 12.5. The molecule has 2 N–H and O–H groups in total. The largest absolute Gasteiger partial charge is 0.322 e. The van der Waals surface area contributed by atoms with E-state index in [9.17, 15) is 13.2 Å². The number of amides is 1. The molecule has 1 aromatic heterocycles. The number of nitrogens with one attached hydrogen (secondary N) is 2. The third-order valence-corrected chi connectivity index (χ3v) is 5.42. The molecule has 1 amide bonds. The van der Waals surface area contributed by atoms with Gasteiger partial charge in [0.25, 0.3) is 5.91 Å². The highest BCUT2D eigenvalue weighted by Gasteiger charge is 2.15. The van der Waals surface area contributed by atoms with Gasteiger partial charge in [-0.1, -0.05) is 18.2 Å². The number of rotatable bonds is 6. The predicted molar refractivity (Wildman–Crippen MR) is 102 cm³/mol. The Hall–Kier alpha value is -3.04. The standard InChI is InChI=1S/C18H19N5O3S/c1-3-23-12-20-22-17(23)13-6-4-8-15(10-13)21-18(24)14-7-5-9-16(11-14)27(25,26)19-2/h4-12,19H,3H2,1-2H3,(H,21,24). The van der Waals surface area contributed by atoms with Crippen LogP contribution in [-0.2, 0) is 16.6 Å². The van der Waals surface area contributed by atoms with Gasteiger partial charge in [-0.05, 0) is 44.3 Å². The van der Waals surface area contributed by atoms with E-state index in [4.69, 9.17) is 0 Å². The van der Waals surface area contributed by atoms with E-state index in [1.54, 1.807) is 24.5 Å². The van der Waals surface area contributed by atoms with E-state index >= 15 is 0 Å². The molecule has 1 heterocycles. The van der Waals surface area contributed by atoms with Crippen LogP contribution >= 0.6 is 0 Å². The first-order valence-corrected chi connectivity index (χ1v) is 9.76. The lowest BCUT2D eigenvalue weighted by Gasteiger charge is -2.09. The molecule has 0 saturated carbocycles. The molecule has 8 nitrogen and oxygen atoms in total. The van der Waals surface area contributed by atoms with Crippen molar-refractivity contribution >= 4 is 21.6 Å². The van der Waals surface area contributed by atoms with E-state index in [-0.39, 0.29) is 10.5 Å². The Balaban J connectivity index is 1.85. The van der Waals surface area contributed by atoms with Crippen molar-refractivity contribution in [2.24, 2.45) is 0 Å². The number of benzene rings is 2. The first kappa shape index (κ1) is 18.7. The van der Waals surface area contributed by atoms with Crippen LogP contribution in [0, 0.1) is 0 Å². The van der Waals surface area contributed by atoms with Crippen molar-refractivity contribution in [1.29, 1.82) is 0 Å². The van der Waals surface area contributed by atoms with Gasteiger partial charge in [-0.15, -0.1) is 10.2 Å². The minimum absolute atomic E-state index is 0.0300. The number of sulfonamides is 1. The second-order valence-electron chi connectivity index (χ2n) is 5.71. The summed E-state index contributed by atoms with van der Waals surface area (Å²) in [4.78, 5) is 12.6. The maximum atomic E-state index is 12.5. The molecule has 0 saturated heterocycles. The first-order chi connectivity index (χ1) is 12.9. The fraction of sp³-hybridized carbons (Fsp3) is 0.167. The molecular formula is C18H19N5O3S. The van der Waals surface area contributed by atoms with Crippen molar-refractivity contribution in [1.82, 2.24) is 19.5 Å². The molecule has 0 aliphatic carbocycles. The smallest absolute Gasteiger partial charge is 0.255 e. The molecule has 140 valence electrons. The zero-order valence-electron chi connectivity index (χ0n) is 14.9. The molecule has 0 atom stereocenters. The highest BCUT2D eigenvalue weighted by molar-refractivity contribution is 7.89. The average Bonchev–Trinajstić information content (AvgIpc) is 3.17. The van der Waals surface area contributed by atoms with Crippen molar-refractivity contribution in [3.63, 3.8) is 0 Å². The minimum atomic E-state index is -3.62. The Morgan fingerprint density at radius 3 is 2.67 bits per heavy atom. The number of aromatic nitrogens is 3. The van der Waals surface area contributed by atoms with Gasteiger partial charge in [0, 0.05) is 23.4 Å². The summed E-state index contributed by atoms with van der Waals surface area (Å²) in [5, 5.41) is 10.8. The van der Waals surface area contributed by atoms with E-state index in [0.717, 1.165) is 12.1 Å². The number of nitrogens with zero attached hydrogens (tertiary/aromatic N) is 3.